The van der Waals surface area contributed by atoms with Crippen molar-refractivity contribution in [3.63, 3.8) is 0 Å². The summed E-state index contributed by atoms with van der Waals surface area (Å²) in [5.74, 6) is -2.44. The highest BCUT2D eigenvalue weighted by atomic mass is 16.6. The van der Waals surface area contributed by atoms with E-state index in [2.05, 4.69) is 53.2 Å². The van der Waals surface area contributed by atoms with Crippen molar-refractivity contribution in [2.24, 2.45) is 0 Å². The monoisotopic (exact) mass is 1410 g/mol. The zero-order valence-corrected chi connectivity index (χ0v) is 60.1. The van der Waals surface area contributed by atoms with Gasteiger partial charge in [0.1, 0.15) is 55.1 Å². The Morgan fingerprint density at radius 2 is 0.469 bits per heavy atom. The van der Waals surface area contributed by atoms with Crippen molar-refractivity contribution in [1.29, 1.82) is 0 Å². The van der Waals surface area contributed by atoms with E-state index >= 15 is 0 Å². The Labute approximate surface area is 577 Å². The Bertz CT molecular complexity index is 2000. The maximum Gasteiger partial charge on any atom is 0.407 e. The summed E-state index contributed by atoms with van der Waals surface area (Å²) in [5.41, 5.74) is -2.53. The molecule has 568 valence electrons. The van der Waals surface area contributed by atoms with Crippen LogP contribution in [0.3, 0.4) is 0 Å². The van der Waals surface area contributed by atoms with Crippen molar-refractivity contribution in [1.82, 2.24) is 67.9 Å². The summed E-state index contributed by atoms with van der Waals surface area (Å²) in [6.07, 6.45) is -1.56. The molecular formula is C62H117N13O23. The Balaban J connectivity index is 5.37. The largest absolute Gasteiger partial charge is 0.444 e. The van der Waals surface area contributed by atoms with Crippen LogP contribution in [0.4, 0.5) is 19.2 Å². The average molecular weight is 1410 g/mol. The second-order valence-corrected chi connectivity index (χ2v) is 25.5. The fourth-order valence-electron chi connectivity index (χ4n) is 7.48. The highest BCUT2D eigenvalue weighted by Crippen LogP contribution is 2.09. The molecule has 0 heterocycles. The summed E-state index contributed by atoms with van der Waals surface area (Å²) in [4.78, 5) is 141. The molecule has 0 rings (SSSR count). The third kappa shape index (κ3) is 63.8. The SMILES string of the molecule is CC(C)(C)OC(=O)NCCOCCOCC(=O)NCCN(CCNC(=O)COCCOCCNC(=O)OC(C)(C)C)CC(=O)NCCN(CC=O)CCNC(=O)CN(CCNC(=O)COCCOCCNC(=O)OC(C)(C)C)CCNC(=O)COCCOCCNC(=O)OC(C)(C)C. The van der Waals surface area contributed by atoms with Crippen LogP contribution in [0, 0.1) is 0 Å². The van der Waals surface area contributed by atoms with Gasteiger partial charge < -0.3 is 115 Å². The predicted octanol–water partition coefficient (Wildman–Crippen LogP) is -1.98. The maximum atomic E-state index is 13.3. The van der Waals surface area contributed by atoms with Crippen LogP contribution in [0.1, 0.15) is 83.1 Å². The van der Waals surface area contributed by atoms with E-state index in [0.717, 1.165) is 0 Å². The number of aldehydes is 1. The number of hydrogen-bond acceptors (Lipinski definition) is 26. The Hall–Kier alpha value is -6.87. The molecule has 36 heteroatoms. The number of carbonyl (C=O) groups is 11. The molecule has 0 aromatic carbocycles. The molecule has 0 saturated carbocycles. The summed E-state index contributed by atoms with van der Waals surface area (Å²) >= 11 is 0. The molecule has 0 atom stereocenters. The highest BCUT2D eigenvalue weighted by molar-refractivity contribution is 5.80. The first-order valence-corrected chi connectivity index (χ1v) is 32.9. The zero-order chi connectivity index (χ0) is 73.5. The molecule has 10 N–H and O–H groups in total. The number of amides is 10. The molecule has 0 aliphatic rings. The van der Waals surface area contributed by atoms with Gasteiger partial charge in [-0.25, -0.2) is 19.2 Å². The molecule has 10 amide bonds. The van der Waals surface area contributed by atoms with Gasteiger partial charge in [-0.3, -0.25) is 43.5 Å². The Morgan fingerprint density at radius 1 is 0.265 bits per heavy atom. The lowest BCUT2D eigenvalue weighted by Gasteiger charge is -2.24. The number of ether oxygens (including phenoxy) is 12. The number of nitrogens with one attached hydrogen (secondary N) is 10. The van der Waals surface area contributed by atoms with Crippen LogP contribution in [-0.2, 0) is 90.4 Å². The predicted molar refractivity (Wildman–Crippen MR) is 357 cm³/mol. The van der Waals surface area contributed by atoms with E-state index < -0.39 is 70.4 Å². The van der Waals surface area contributed by atoms with E-state index in [0.29, 0.717) is 6.29 Å². The lowest BCUT2D eigenvalue weighted by molar-refractivity contribution is -0.127. The summed E-state index contributed by atoms with van der Waals surface area (Å²) in [6, 6.07) is 0. The van der Waals surface area contributed by atoms with E-state index in [9.17, 15) is 52.7 Å². The maximum absolute atomic E-state index is 13.3. The zero-order valence-electron chi connectivity index (χ0n) is 60.1. The first kappa shape index (κ1) is 91.1. The average Bonchev–Trinajstić information content (AvgIpc) is 3.71. The van der Waals surface area contributed by atoms with Gasteiger partial charge in [0.15, 0.2) is 0 Å². The third-order valence-electron chi connectivity index (χ3n) is 11.6. The summed E-state index contributed by atoms with van der Waals surface area (Å²) in [6.45, 7) is 24.6. The molecule has 0 aromatic rings. The van der Waals surface area contributed by atoms with Crippen molar-refractivity contribution in [2.75, 3.05) is 230 Å². The van der Waals surface area contributed by atoms with E-state index in [1.807, 2.05) is 0 Å². The first-order chi connectivity index (χ1) is 46.2. The second-order valence-electron chi connectivity index (χ2n) is 25.5. The quantitative estimate of drug-likeness (QED) is 0.0179. The van der Waals surface area contributed by atoms with Crippen LogP contribution in [0.15, 0.2) is 0 Å². The summed E-state index contributed by atoms with van der Waals surface area (Å²) < 4.78 is 64.0. The minimum Gasteiger partial charge on any atom is -0.444 e. The van der Waals surface area contributed by atoms with Gasteiger partial charge in [0, 0.05) is 105 Å². The fraction of sp³-hybridized carbons (Fsp3) is 0.823. The molecule has 0 aliphatic heterocycles. The van der Waals surface area contributed by atoms with Gasteiger partial charge in [-0.15, -0.1) is 0 Å². The van der Waals surface area contributed by atoms with E-state index in [4.69, 9.17) is 56.8 Å². The molecule has 0 radical (unpaired) electrons. The van der Waals surface area contributed by atoms with Crippen molar-refractivity contribution in [3.05, 3.63) is 0 Å². The molecule has 0 saturated heterocycles. The van der Waals surface area contributed by atoms with Crippen LogP contribution in [0.2, 0.25) is 0 Å². The Morgan fingerprint density at radius 3 is 0.684 bits per heavy atom. The van der Waals surface area contributed by atoms with E-state index in [1.54, 1.807) is 97.8 Å². The van der Waals surface area contributed by atoms with Gasteiger partial charge >= 0.3 is 24.4 Å². The van der Waals surface area contributed by atoms with E-state index in [1.165, 1.54) is 0 Å². The van der Waals surface area contributed by atoms with Crippen LogP contribution in [0.5, 0.6) is 0 Å². The second kappa shape index (κ2) is 55.0. The molecule has 0 aliphatic carbocycles. The van der Waals surface area contributed by atoms with Gasteiger partial charge in [0.25, 0.3) is 0 Å². The molecule has 36 nitrogen and oxygen atoms in total. The highest BCUT2D eigenvalue weighted by Gasteiger charge is 2.21. The van der Waals surface area contributed by atoms with E-state index in [-0.39, 0.29) is 242 Å². The number of alkyl carbamates (subject to hydrolysis) is 4. The Kier molecular flexibility index (Phi) is 51.1. The lowest BCUT2D eigenvalue weighted by Crippen LogP contribution is -2.47. The lowest BCUT2D eigenvalue weighted by atomic mass is 10.2. The van der Waals surface area contributed by atoms with Gasteiger partial charge in [-0.2, -0.15) is 0 Å². The standard InChI is InChI=1S/C62H117N13O23/c1-59(2,3)95-55(83)69-19-31-87-35-39-91-45-51(79)65-15-25-74(26-16-66-52(80)46-92-40-36-88-32-20-70-56(84)96-60(4,5)6)43-49(77)63-13-23-73(29-30-76)24-14-64-50(78)44-75(27-17-67-53(81)47-93-41-37-89-33-21-71-57(85)97-61(7,8)9)28-18-68-54(82)48-94-42-38-90-34-22-72-58(86)98-62(10,11)12/h30H,13-29,31-48H2,1-12H3,(H,63,77)(H,64,78)(H,65,79)(H,66,80)(H,67,81)(H,68,82)(H,69,83)(H,70,84)(H,71,85)(H,72,86). The van der Waals surface area contributed by atoms with Gasteiger partial charge in [-0.05, 0) is 83.1 Å². The van der Waals surface area contributed by atoms with Crippen LogP contribution < -0.4 is 53.2 Å². The number of nitrogens with zero attached hydrogens (tertiary/aromatic N) is 3. The van der Waals surface area contributed by atoms with Crippen molar-refractivity contribution in [2.45, 2.75) is 105 Å². The topological polar surface area (TPSA) is 429 Å². The minimum absolute atomic E-state index is 0.00887. The summed E-state index contributed by atoms with van der Waals surface area (Å²) in [5, 5.41) is 27.0. The molecule has 98 heavy (non-hydrogen) atoms. The molecule has 0 bridgehead atoms. The van der Waals surface area contributed by atoms with Crippen molar-refractivity contribution in [3.8, 4) is 0 Å². The molecule has 0 unspecified atom stereocenters. The van der Waals surface area contributed by atoms with Crippen LogP contribution >= 0.6 is 0 Å². The number of hydrogen-bond donors (Lipinski definition) is 10. The number of carbonyl (C=O) groups excluding carboxylic acids is 11. The fourth-order valence-corrected chi connectivity index (χ4v) is 7.48. The van der Waals surface area contributed by atoms with Gasteiger partial charge in [0.2, 0.25) is 35.4 Å². The van der Waals surface area contributed by atoms with Crippen molar-refractivity contribution >= 4 is 66.1 Å². The third-order valence-corrected chi connectivity index (χ3v) is 11.6. The summed E-state index contributed by atoms with van der Waals surface area (Å²) in [7, 11) is 0. The van der Waals surface area contributed by atoms with Gasteiger partial charge in [-0.1, -0.05) is 0 Å². The van der Waals surface area contributed by atoms with Crippen LogP contribution in [-0.4, -0.2) is 333 Å². The minimum atomic E-state index is -0.631. The number of rotatable bonds is 56. The smallest absolute Gasteiger partial charge is 0.407 e. The normalized spacial score (nSPS) is 11.7. The molecule has 0 fully saturated rings. The molecule has 0 aromatic heterocycles. The van der Waals surface area contributed by atoms with Crippen molar-refractivity contribution < 1.29 is 110 Å². The first-order valence-electron chi connectivity index (χ1n) is 32.9. The molecular weight excluding hydrogens is 1290 g/mol. The molecule has 0 spiro atoms. The van der Waals surface area contributed by atoms with Gasteiger partial charge in [0.05, 0.1) is 98.9 Å². The van der Waals surface area contributed by atoms with Crippen LogP contribution in [0.25, 0.3) is 0 Å².